The molecule has 0 bridgehead atoms. The minimum absolute atomic E-state index is 0.259. The molecule has 0 unspecified atom stereocenters. The highest BCUT2D eigenvalue weighted by molar-refractivity contribution is 6.42. The van der Waals surface area contributed by atoms with E-state index in [-0.39, 0.29) is 22.3 Å². The Bertz CT molecular complexity index is 1700. The molecule has 0 N–H and O–H groups in total. The van der Waals surface area contributed by atoms with Gasteiger partial charge in [-0.25, -0.2) is 9.80 Å². The Balaban J connectivity index is 0.000000219. The van der Waals surface area contributed by atoms with Gasteiger partial charge in [0.1, 0.15) is 0 Å². The molecular formula is C34H30N6O6. The van der Waals surface area contributed by atoms with Gasteiger partial charge in [0.15, 0.2) is 0 Å². The number of hydrogen-bond donors (Lipinski definition) is 0. The number of amides is 6. The number of rotatable bonds is 2. The number of nitrogens with zero attached hydrogens (tertiary/aromatic N) is 6. The van der Waals surface area contributed by atoms with Crippen LogP contribution in [0.2, 0.25) is 0 Å². The minimum atomic E-state index is -0.520. The first-order chi connectivity index (χ1) is 22.2. The Morgan fingerprint density at radius 2 is 0.783 bits per heavy atom. The molecule has 6 heterocycles. The van der Waals surface area contributed by atoms with Crippen molar-refractivity contribution < 1.29 is 28.8 Å². The molecule has 6 amide bonds. The van der Waals surface area contributed by atoms with Gasteiger partial charge in [-0.3, -0.25) is 38.7 Å². The fourth-order valence-electron chi connectivity index (χ4n) is 5.90. The normalized spacial score (nSPS) is 16.9. The van der Waals surface area contributed by atoms with E-state index in [0.717, 1.165) is 48.6 Å². The molecular weight excluding hydrogens is 588 g/mol. The van der Waals surface area contributed by atoms with Gasteiger partial charge in [0.25, 0.3) is 23.6 Å². The van der Waals surface area contributed by atoms with E-state index in [4.69, 9.17) is 0 Å². The molecule has 12 nitrogen and oxygen atoms in total. The molecule has 46 heavy (non-hydrogen) atoms. The van der Waals surface area contributed by atoms with Crippen LogP contribution < -0.4 is 9.80 Å². The molecule has 0 atom stereocenters. The van der Waals surface area contributed by atoms with Crippen LogP contribution in [0, 0.1) is 0 Å². The predicted octanol–water partition coefficient (Wildman–Crippen LogP) is 3.71. The second-order valence-corrected chi connectivity index (χ2v) is 11.2. The van der Waals surface area contributed by atoms with Gasteiger partial charge in [0.2, 0.25) is 11.8 Å². The van der Waals surface area contributed by atoms with Crippen LogP contribution in [0.4, 0.5) is 11.4 Å². The average molecular weight is 619 g/mol. The van der Waals surface area contributed by atoms with E-state index in [9.17, 15) is 28.8 Å². The Morgan fingerprint density at radius 1 is 0.478 bits per heavy atom. The number of anilines is 2. The summed E-state index contributed by atoms with van der Waals surface area (Å²) in [6.45, 7) is 1.91. The average Bonchev–Trinajstić information content (AvgIpc) is 3.64. The van der Waals surface area contributed by atoms with Crippen LogP contribution in [-0.2, 0) is 9.59 Å². The zero-order valence-electron chi connectivity index (χ0n) is 25.3. The van der Waals surface area contributed by atoms with Crippen molar-refractivity contribution in [2.45, 2.75) is 25.7 Å². The molecule has 4 aliphatic heterocycles. The van der Waals surface area contributed by atoms with Crippen LogP contribution in [0.3, 0.4) is 0 Å². The Kier molecular flexibility index (Phi) is 8.10. The van der Waals surface area contributed by atoms with Gasteiger partial charge in [-0.05, 0) is 61.4 Å². The molecule has 0 radical (unpaired) electrons. The van der Waals surface area contributed by atoms with Gasteiger partial charge < -0.3 is 9.80 Å². The van der Waals surface area contributed by atoms with Crippen molar-refractivity contribution in [2.24, 2.45) is 0 Å². The Hall–Kier alpha value is -5.78. The third kappa shape index (κ3) is 5.27. The number of pyridine rings is 2. The standard InChI is InChI=1S/C24H12N4O4.2C5H9NO/c29-21-15-1-2-16-20-18(24(32)28(22(16)30)14-7-11-26-12-8-14)4-3-17(19(15)20)23(31)27(21)13-5-9-25-10-6-13;2*1-6-4-2-3-5(6)7/h1-12H;2*2-4H2,1H3. The van der Waals surface area contributed by atoms with Gasteiger partial charge in [0, 0.05) is 97.8 Å². The molecule has 4 aliphatic rings. The second kappa shape index (κ2) is 12.3. The molecule has 0 aliphatic carbocycles. The van der Waals surface area contributed by atoms with E-state index in [1.807, 2.05) is 14.1 Å². The lowest BCUT2D eigenvalue weighted by Crippen LogP contribution is -2.43. The summed E-state index contributed by atoms with van der Waals surface area (Å²) in [5.41, 5.74) is 1.82. The summed E-state index contributed by atoms with van der Waals surface area (Å²) in [6, 6.07) is 12.4. The summed E-state index contributed by atoms with van der Waals surface area (Å²) in [5.74, 6) is -1.49. The summed E-state index contributed by atoms with van der Waals surface area (Å²) in [4.78, 5) is 87.7. The van der Waals surface area contributed by atoms with Crippen LogP contribution in [0.5, 0.6) is 0 Å². The van der Waals surface area contributed by atoms with Crippen molar-refractivity contribution >= 4 is 57.6 Å². The quantitative estimate of drug-likeness (QED) is 0.310. The maximum Gasteiger partial charge on any atom is 0.265 e. The number of benzene rings is 2. The molecule has 0 spiro atoms. The van der Waals surface area contributed by atoms with Gasteiger partial charge in [0.05, 0.1) is 11.4 Å². The van der Waals surface area contributed by atoms with Crippen LogP contribution in [0.15, 0.2) is 73.3 Å². The lowest BCUT2D eigenvalue weighted by atomic mass is 9.85. The molecule has 2 fully saturated rings. The van der Waals surface area contributed by atoms with Crippen LogP contribution in [0.1, 0.15) is 67.1 Å². The van der Waals surface area contributed by atoms with Crippen molar-refractivity contribution in [3.63, 3.8) is 0 Å². The SMILES string of the molecule is CN1CCCC1=O.CN1CCCC1=O.O=C1c2ccc3c4c(ccc(c24)C(=O)N1c1ccncc1)C(=O)N(c1ccncc1)C3=O. The Morgan fingerprint density at radius 3 is 1.00 bits per heavy atom. The molecule has 0 saturated carbocycles. The predicted molar refractivity (Wildman–Crippen MR) is 168 cm³/mol. The summed E-state index contributed by atoms with van der Waals surface area (Å²) in [5, 5.41) is 0.660. The summed E-state index contributed by atoms with van der Waals surface area (Å²) < 4.78 is 0. The van der Waals surface area contributed by atoms with Crippen molar-refractivity contribution in [1.29, 1.82) is 0 Å². The molecule has 2 saturated heterocycles. The largest absolute Gasteiger partial charge is 0.346 e. The van der Waals surface area contributed by atoms with Crippen molar-refractivity contribution in [1.82, 2.24) is 19.8 Å². The third-order valence-corrected chi connectivity index (χ3v) is 8.36. The number of hydrogen-bond acceptors (Lipinski definition) is 8. The summed E-state index contributed by atoms with van der Waals surface area (Å²) in [6.07, 6.45) is 9.61. The maximum absolute atomic E-state index is 13.3. The summed E-state index contributed by atoms with van der Waals surface area (Å²) in [7, 11) is 3.69. The van der Waals surface area contributed by atoms with E-state index >= 15 is 0 Å². The van der Waals surface area contributed by atoms with Gasteiger partial charge >= 0.3 is 0 Å². The zero-order valence-corrected chi connectivity index (χ0v) is 25.3. The van der Waals surface area contributed by atoms with Crippen LogP contribution >= 0.6 is 0 Å². The fraction of sp³-hybridized carbons (Fsp3) is 0.235. The van der Waals surface area contributed by atoms with Crippen molar-refractivity contribution in [2.75, 3.05) is 37.0 Å². The lowest BCUT2D eigenvalue weighted by Gasteiger charge is -2.31. The van der Waals surface area contributed by atoms with Gasteiger partial charge in [-0.2, -0.15) is 0 Å². The van der Waals surface area contributed by atoms with E-state index in [2.05, 4.69) is 9.97 Å². The number of likely N-dealkylation sites (tertiary alicyclic amines) is 2. The number of carbonyl (C=O) groups excluding carboxylic acids is 6. The molecule has 2 aromatic carbocycles. The first kappa shape index (κ1) is 30.3. The molecule has 12 heteroatoms. The highest BCUT2D eigenvalue weighted by Gasteiger charge is 2.40. The van der Waals surface area contributed by atoms with E-state index in [0.29, 0.717) is 34.0 Å². The van der Waals surface area contributed by atoms with E-state index in [1.165, 1.54) is 49.1 Å². The first-order valence-corrected chi connectivity index (χ1v) is 14.8. The maximum atomic E-state index is 13.3. The highest BCUT2D eigenvalue weighted by atomic mass is 16.2. The summed E-state index contributed by atoms with van der Waals surface area (Å²) >= 11 is 0. The van der Waals surface area contributed by atoms with E-state index in [1.54, 1.807) is 34.1 Å². The van der Waals surface area contributed by atoms with Crippen molar-refractivity contribution in [3.05, 3.63) is 95.6 Å². The number of aromatic nitrogens is 2. The molecule has 232 valence electrons. The monoisotopic (exact) mass is 618 g/mol. The lowest BCUT2D eigenvalue weighted by molar-refractivity contribution is -0.127. The smallest absolute Gasteiger partial charge is 0.265 e. The number of carbonyl (C=O) groups is 6. The van der Waals surface area contributed by atoms with Crippen molar-refractivity contribution in [3.8, 4) is 0 Å². The highest BCUT2D eigenvalue weighted by Crippen LogP contribution is 2.39. The zero-order chi connectivity index (χ0) is 32.5. The number of imide groups is 2. The molecule has 2 aromatic heterocycles. The first-order valence-electron chi connectivity index (χ1n) is 14.8. The van der Waals surface area contributed by atoms with Gasteiger partial charge in [-0.1, -0.05) is 0 Å². The fourth-order valence-corrected chi connectivity index (χ4v) is 5.90. The topological polar surface area (TPSA) is 141 Å². The third-order valence-electron chi connectivity index (χ3n) is 8.36. The Labute approximate surface area is 264 Å². The van der Waals surface area contributed by atoms with Crippen LogP contribution in [0.25, 0.3) is 10.8 Å². The second-order valence-electron chi connectivity index (χ2n) is 11.2. The van der Waals surface area contributed by atoms with Crippen LogP contribution in [-0.4, -0.2) is 82.4 Å². The molecule has 8 rings (SSSR count). The molecule has 4 aromatic rings. The van der Waals surface area contributed by atoms with Gasteiger partial charge in [-0.15, -0.1) is 0 Å². The van der Waals surface area contributed by atoms with E-state index < -0.39 is 23.6 Å². The minimum Gasteiger partial charge on any atom is -0.346 e.